The standard InChI is InChI=1S/C17H19BrO3/c1-10-7-12(8-11(2)16(10)18)17(19)14-9-13(20-3)5-6-15(14)21-4/h5-9,17,19H,1-4H3. The van der Waals surface area contributed by atoms with Gasteiger partial charge < -0.3 is 14.6 Å². The third-order valence-electron chi connectivity index (χ3n) is 3.51. The van der Waals surface area contributed by atoms with Crippen LogP contribution in [0.2, 0.25) is 0 Å². The fourth-order valence-corrected chi connectivity index (χ4v) is 2.60. The summed E-state index contributed by atoms with van der Waals surface area (Å²) in [6, 6.07) is 9.36. The molecule has 0 aliphatic carbocycles. The first-order chi connectivity index (χ1) is 9.97. The summed E-state index contributed by atoms with van der Waals surface area (Å²) in [6.45, 7) is 4.02. The van der Waals surface area contributed by atoms with Crippen LogP contribution in [0.5, 0.6) is 11.5 Å². The summed E-state index contributed by atoms with van der Waals surface area (Å²) in [5.41, 5.74) is 3.70. The van der Waals surface area contributed by atoms with Gasteiger partial charge in [-0.05, 0) is 48.7 Å². The van der Waals surface area contributed by atoms with Crippen LogP contribution in [0.3, 0.4) is 0 Å². The predicted octanol–water partition coefficient (Wildman–Crippen LogP) is 4.16. The van der Waals surface area contributed by atoms with E-state index in [2.05, 4.69) is 15.9 Å². The summed E-state index contributed by atoms with van der Waals surface area (Å²) in [4.78, 5) is 0. The molecule has 0 spiro atoms. The number of aliphatic hydroxyl groups is 1. The van der Waals surface area contributed by atoms with Gasteiger partial charge in [0.05, 0.1) is 14.2 Å². The molecule has 0 aromatic heterocycles. The van der Waals surface area contributed by atoms with Gasteiger partial charge in [0, 0.05) is 10.0 Å². The summed E-state index contributed by atoms with van der Waals surface area (Å²) >= 11 is 3.54. The number of rotatable bonds is 4. The zero-order valence-corrected chi connectivity index (χ0v) is 14.2. The van der Waals surface area contributed by atoms with Crippen LogP contribution in [-0.2, 0) is 0 Å². The third-order valence-corrected chi connectivity index (χ3v) is 4.76. The maximum Gasteiger partial charge on any atom is 0.125 e. The molecule has 21 heavy (non-hydrogen) atoms. The number of halogens is 1. The Hall–Kier alpha value is -1.52. The molecule has 2 rings (SSSR count). The molecule has 2 aromatic rings. The molecule has 0 bridgehead atoms. The van der Waals surface area contributed by atoms with Gasteiger partial charge in [0.2, 0.25) is 0 Å². The lowest BCUT2D eigenvalue weighted by Gasteiger charge is -2.18. The summed E-state index contributed by atoms with van der Waals surface area (Å²) in [7, 11) is 3.20. The number of hydrogen-bond donors (Lipinski definition) is 1. The van der Waals surface area contributed by atoms with Gasteiger partial charge in [0.15, 0.2) is 0 Å². The van der Waals surface area contributed by atoms with Crippen molar-refractivity contribution in [2.24, 2.45) is 0 Å². The highest BCUT2D eigenvalue weighted by molar-refractivity contribution is 9.10. The van der Waals surface area contributed by atoms with Crippen LogP contribution in [-0.4, -0.2) is 19.3 Å². The lowest BCUT2D eigenvalue weighted by molar-refractivity contribution is 0.214. The van der Waals surface area contributed by atoms with Crippen molar-refractivity contribution in [1.29, 1.82) is 0 Å². The summed E-state index contributed by atoms with van der Waals surface area (Å²) in [5, 5.41) is 10.7. The van der Waals surface area contributed by atoms with Gasteiger partial charge in [0.25, 0.3) is 0 Å². The molecule has 0 heterocycles. The summed E-state index contributed by atoms with van der Waals surface area (Å²) < 4.78 is 11.6. The van der Waals surface area contributed by atoms with E-state index in [9.17, 15) is 5.11 Å². The van der Waals surface area contributed by atoms with Gasteiger partial charge in [-0.25, -0.2) is 0 Å². The second-order valence-electron chi connectivity index (χ2n) is 4.98. The van der Waals surface area contributed by atoms with Crippen molar-refractivity contribution < 1.29 is 14.6 Å². The Balaban J connectivity index is 2.51. The lowest BCUT2D eigenvalue weighted by atomic mass is 9.97. The predicted molar refractivity (Wildman–Crippen MR) is 87.2 cm³/mol. The Morgan fingerprint density at radius 2 is 1.62 bits per heavy atom. The fraction of sp³-hybridized carbons (Fsp3) is 0.294. The second-order valence-corrected chi connectivity index (χ2v) is 5.77. The van der Waals surface area contributed by atoms with E-state index >= 15 is 0 Å². The minimum atomic E-state index is -0.763. The van der Waals surface area contributed by atoms with Crippen LogP contribution >= 0.6 is 15.9 Å². The summed E-state index contributed by atoms with van der Waals surface area (Å²) in [5.74, 6) is 1.33. The Morgan fingerprint density at radius 1 is 1.00 bits per heavy atom. The molecule has 112 valence electrons. The van der Waals surface area contributed by atoms with Crippen LogP contribution < -0.4 is 9.47 Å². The minimum Gasteiger partial charge on any atom is -0.497 e. The highest BCUT2D eigenvalue weighted by atomic mass is 79.9. The van der Waals surface area contributed by atoms with Gasteiger partial charge in [-0.15, -0.1) is 0 Å². The van der Waals surface area contributed by atoms with Crippen LogP contribution in [0.15, 0.2) is 34.8 Å². The molecule has 2 aromatic carbocycles. The average Bonchev–Trinajstić information content (AvgIpc) is 2.50. The van der Waals surface area contributed by atoms with Crippen molar-refractivity contribution in [3.63, 3.8) is 0 Å². The Labute approximate surface area is 133 Å². The van der Waals surface area contributed by atoms with Gasteiger partial charge in [-0.1, -0.05) is 28.1 Å². The van der Waals surface area contributed by atoms with Crippen LogP contribution in [0.1, 0.15) is 28.4 Å². The SMILES string of the molecule is COc1ccc(OC)c(C(O)c2cc(C)c(Br)c(C)c2)c1. The van der Waals surface area contributed by atoms with Gasteiger partial charge in [-0.2, -0.15) is 0 Å². The smallest absolute Gasteiger partial charge is 0.125 e. The molecule has 0 fully saturated rings. The normalized spacial score (nSPS) is 12.1. The Kier molecular flexibility index (Phi) is 4.91. The number of ether oxygens (including phenoxy) is 2. The zero-order valence-electron chi connectivity index (χ0n) is 12.6. The van der Waals surface area contributed by atoms with Crippen LogP contribution in [0, 0.1) is 13.8 Å². The second kappa shape index (κ2) is 6.50. The number of hydrogen-bond acceptors (Lipinski definition) is 3. The molecule has 0 aliphatic heterocycles. The Bertz CT molecular complexity index is 629. The molecule has 0 aliphatic rings. The lowest BCUT2D eigenvalue weighted by Crippen LogP contribution is -2.04. The first kappa shape index (κ1) is 15.9. The van der Waals surface area contributed by atoms with Crippen LogP contribution in [0.4, 0.5) is 0 Å². The van der Waals surface area contributed by atoms with Crippen LogP contribution in [0.25, 0.3) is 0 Å². The molecular formula is C17H19BrO3. The van der Waals surface area contributed by atoms with E-state index in [4.69, 9.17) is 9.47 Å². The largest absolute Gasteiger partial charge is 0.497 e. The van der Waals surface area contributed by atoms with E-state index < -0.39 is 6.10 Å². The van der Waals surface area contributed by atoms with Crippen molar-refractivity contribution in [2.45, 2.75) is 20.0 Å². The average molecular weight is 351 g/mol. The van der Waals surface area contributed by atoms with E-state index in [0.717, 1.165) is 21.2 Å². The Morgan fingerprint density at radius 3 is 2.14 bits per heavy atom. The third kappa shape index (κ3) is 3.22. The fourth-order valence-electron chi connectivity index (χ4n) is 2.37. The summed E-state index contributed by atoms with van der Waals surface area (Å²) in [6.07, 6.45) is -0.763. The van der Waals surface area contributed by atoms with E-state index in [1.54, 1.807) is 26.4 Å². The molecular weight excluding hydrogens is 332 g/mol. The molecule has 0 saturated heterocycles. The maximum atomic E-state index is 10.7. The molecule has 1 atom stereocenters. The number of benzene rings is 2. The monoisotopic (exact) mass is 350 g/mol. The first-order valence-corrected chi connectivity index (χ1v) is 7.44. The van der Waals surface area contributed by atoms with E-state index in [1.807, 2.05) is 32.0 Å². The molecule has 1 unspecified atom stereocenters. The number of methoxy groups -OCH3 is 2. The van der Waals surface area contributed by atoms with E-state index in [0.29, 0.717) is 17.1 Å². The van der Waals surface area contributed by atoms with Crippen molar-refractivity contribution >= 4 is 15.9 Å². The molecule has 0 saturated carbocycles. The van der Waals surface area contributed by atoms with E-state index in [1.165, 1.54) is 0 Å². The topological polar surface area (TPSA) is 38.7 Å². The van der Waals surface area contributed by atoms with Gasteiger partial charge in [-0.3, -0.25) is 0 Å². The number of aryl methyl sites for hydroxylation is 2. The van der Waals surface area contributed by atoms with Crippen molar-refractivity contribution in [2.75, 3.05) is 14.2 Å². The zero-order chi connectivity index (χ0) is 15.6. The first-order valence-electron chi connectivity index (χ1n) is 6.64. The quantitative estimate of drug-likeness (QED) is 0.899. The molecule has 1 N–H and O–H groups in total. The van der Waals surface area contributed by atoms with Crippen molar-refractivity contribution in [1.82, 2.24) is 0 Å². The van der Waals surface area contributed by atoms with Crippen molar-refractivity contribution in [3.05, 3.63) is 57.1 Å². The molecule has 0 radical (unpaired) electrons. The highest BCUT2D eigenvalue weighted by Crippen LogP contribution is 2.35. The minimum absolute atomic E-state index is 0.640. The van der Waals surface area contributed by atoms with Gasteiger partial charge in [0.1, 0.15) is 17.6 Å². The van der Waals surface area contributed by atoms with E-state index in [-0.39, 0.29) is 0 Å². The molecule has 0 amide bonds. The molecule has 4 heteroatoms. The van der Waals surface area contributed by atoms with Crippen molar-refractivity contribution in [3.8, 4) is 11.5 Å². The number of aliphatic hydroxyl groups excluding tert-OH is 1. The van der Waals surface area contributed by atoms with Gasteiger partial charge >= 0.3 is 0 Å². The maximum absolute atomic E-state index is 10.7. The molecule has 3 nitrogen and oxygen atoms in total. The highest BCUT2D eigenvalue weighted by Gasteiger charge is 2.18.